The Balaban J connectivity index is 1.11. The van der Waals surface area contributed by atoms with Crippen LogP contribution in [-0.2, 0) is 19.4 Å². The summed E-state index contributed by atoms with van der Waals surface area (Å²) in [6.45, 7) is 3.37. The van der Waals surface area contributed by atoms with Crippen molar-refractivity contribution in [2.75, 3.05) is 38.6 Å². The van der Waals surface area contributed by atoms with Crippen LogP contribution in [0.15, 0.2) is 28.8 Å². The van der Waals surface area contributed by atoms with Crippen LogP contribution in [0, 0.1) is 0 Å². The van der Waals surface area contributed by atoms with Gasteiger partial charge in [0.15, 0.2) is 5.13 Å². The first kappa shape index (κ1) is 21.8. The summed E-state index contributed by atoms with van der Waals surface area (Å²) < 4.78 is 10.6. The van der Waals surface area contributed by atoms with Gasteiger partial charge in [0.25, 0.3) is 0 Å². The predicted molar refractivity (Wildman–Crippen MR) is 126 cm³/mol. The maximum atomic E-state index is 12.7. The van der Waals surface area contributed by atoms with Crippen molar-refractivity contribution in [3.8, 4) is 17.1 Å². The summed E-state index contributed by atoms with van der Waals surface area (Å²) in [4.78, 5) is 27.3. The molecule has 0 spiro atoms. The number of urea groups is 1. The molecular formula is C23H28N6O3S. The Morgan fingerprint density at radius 2 is 1.88 bits per heavy atom. The molecule has 0 unspecified atom stereocenters. The highest BCUT2D eigenvalue weighted by atomic mass is 32.1. The summed E-state index contributed by atoms with van der Waals surface area (Å²) in [5.41, 5.74) is 2.05. The van der Waals surface area contributed by atoms with Crippen molar-refractivity contribution < 1.29 is 14.1 Å². The quantitative estimate of drug-likeness (QED) is 0.569. The predicted octanol–water partition coefficient (Wildman–Crippen LogP) is 3.82. The second-order valence-electron chi connectivity index (χ2n) is 8.38. The number of anilines is 1. The van der Waals surface area contributed by atoms with Gasteiger partial charge < -0.3 is 14.2 Å². The Morgan fingerprint density at radius 1 is 1.09 bits per heavy atom. The highest BCUT2D eigenvalue weighted by molar-refractivity contribution is 7.15. The maximum Gasteiger partial charge on any atom is 0.323 e. The molecule has 2 amide bonds. The van der Waals surface area contributed by atoms with Crippen molar-refractivity contribution in [3.05, 3.63) is 40.7 Å². The first-order valence-corrected chi connectivity index (χ1v) is 12.2. The Morgan fingerprint density at radius 3 is 2.67 bits per heavy atom. The van der Waals surface area contributed by atoms with Gasteiger partial charge in [-0.1, -0.05) is 11.6 Å². The largest absolute Gasteiger partial charge is 0.497 e. The van der Waals surface area contributed by atoms with Crippen molar-refractivity contribution in [2.24, 2.45) is 0 Å². The number of nitrogens with zero attached hydrogens (tertiary/aromatic N) is 5. The summed E-state index contributed by atoms with van der Waals surface area (Å²) in [6.07, 6.45) is 5.77. The summed E-state index contributed by atoms with van der Waals surface area (Å²) >= 11 is 1.63. The van der Waals surface area contributed by atoms with Gasteiger partial charge in [0.2, 0.25) is 11.7 Å². The smallest absolute Gasteiger partial charge is 0.323 e. The van der Waals surface area contributed by atoms with Gasteiger partial charge in [0.05, 0.1) is 19.3 Å². The number of methoxy groups -OCH3 is 1. The molecule has 1 saturated heterocycles. The van der Waals surface area contributed by atoms with Crippen LogP contribution in [-0.4, -0.2) is 64.2 Å². The van der Waals surface area contributed by atoms with Gasteiger partial charge >= 0.3 is 6.03 Å². The fraction of sp³-hybridized carbons (Fsp3) is 0.478. The number of ether oxygens (including phenoxy) is 1. The summed E-state index contributed by atoms with van der Waals surface area (Å²) in [7, 11) is 1.64. The van der Waals surface area contributed by atoms with Crippen LogP contribution >= 0.6 is 11.3 Å². The van der Waals surface area contributed by atoms with Crippen molar-refractivity contribution in [3.63, 3.8) is 0 Å². The van der Waals surface area contributed by atoms with E-state index < -0.39 is 0 Å². The van der Waals surface area contributed by atoms with Gasteiger partial charge in [0.1, 0.15) is 5.75 Å². The molecule has 0 bridgehead atoms. The zero-order valence-electron chi connectivity index (χ0n) is 18.7. The molecule has 9 nitrogen and oxygen atoms in total. The average Bonchev–Trinajstić information content (AvgIpc) is 3.40. The minimum atomic E-state index is -0.0712. The zero-order chi connectivity index (χ0) is 22.6. The number of amides is 2. The van der Waals surface area contributed by atoms with E-state index in [9.17, 15) is 4.79 Å². The molecule has 33 heavy (non-hydrogen) atoms. The molecule has 1 aromatic carbocycles. The average molecular weight is 469 g/mol. The van der Waals surface area contributed by atoms with E-state index in [4.69, 9.17) is 9.26 Å². The van der Waals surface area contributed by atoms with Gasteiger partial charge in [-0.2, -0.15) is 4.98 Å². The number of carbonyl (C=O) groups is 1. The van der Waals surface area contributed by atoms with Crippen LogP contribution in [0.2, 0.25) is 0 Å². The number of nitrogens with one attached hydrogen (secondary N) is 1. The lowest BCUT2D eigenvalue weighted by Gasteiger charge is -2.33. The van der Waals surface area contributed by atoms with E-state index in [2.05, 4.69) is 25.3 Å². The number of fused-ring (bicyclic) bond motifs is 1. The first-order valence-electron chi connectivity index (χ1n) is 11.4. The fourth-order valence-corrected chi connectivity index (χ4v) is 5.27. The molecule has 1 aliphatic carbocycles. The Hall–Kier alpha value is -2.98. The number of hydrogen-bond donors (Lipinski definition) is 1. The summed E-state index contributed by atoms with van der Waals surface area (Å²) in [5, 5.41) is 7.83. The van der Waals surface area contributed by atoms with E-state index >= 15 is 0 Å². The van der Waals surface area contributed by atoms with Crippen molar-refractivity contribution in [1.29, 1.82) is 0 Å². The number of aryl methyl sites for hydroxylation is 2. The Bertz CT molecular complexity index is 1060. The lowest BCUT2D eigenvalue weighted by Crippen LogP contribution is -2.49. The molecule has 5 rings (SSSR count). The van der Waals surface area contributed by atoms with Crippen LogP contribution in [0.5, 0.6) is 5.75 Å². The van der Waals surface area contributed by atoms with Gasteiger partial charge in [-0.3, -0.25) is 10.2 Å². The number of carbonyl (C=O) groups excluding carboxylic acids is 1. The zero-order valence-corrected chi connectivity index (χ0v) is 19.6. The number of benzene rings is 1. The monoisotopic (exact) mass is 468 g/mol. The number of thiazole rings is 1. The minimum Gasteiger partial charge on any atom is -0.497 e. The van der Waals surface area contributed by atoms with Crippen LogP contribution in [0.25, 0.3) is 11.4 Å². The Labute approximate surface area is 196 Å². The van der Waals surface area contributed by atoms with Crippen LogP contribution in [0.1, 0.15) is 35.7 Å². The van der Waals surface area contributed by atoms with E-state index in [1.807, 2.05) is 29.2 Å². The lowest BCUT2D eigenvalue weighted by molar-refractivity contribution is 0.133. The van der Waals surface area contributed by atoms with Gasteiger partial charge in [-0.05, 0) is 49.9 Å². The van der Waals surface area contributed by atoms with Crippen molar-refractivity contribution in [2.45, 2.75) is 38.6 Å². The molecule has 1 N–H and O–H groups in total. The molecule has 0 atom stereocenters. The van der Waals surface area contributed by atoms with E-state index in [1.54, 1.807) is 18.4 Å². The van der Waals surface area contributed by atoms with Crippen LogP contribution < -0.4 is 10.1 Å². The number of aromatic nitrogens is 3. The molecule has 1 aliphatic heterocycles. The van der Waals surface area contributed by atoms with E-state index in [0.29, 0.717) is 31.3 Å². The van der Waals surface area contributed by atoms with E-state index in [-0.39, 0.29) is 6.03 Å². The highest BCUT2D eigenvalue weighted by Gasteiger charge is 2.24. The SMILES string of the molecule is COc1ccc(-c2noc(CN3CCN(C(=O)Nc4nc5c(s4)CCCCC5)CC3)n2)cc1. The first-order chi connectivity index (χ1) is 16.2. The van der Waals surface area contributed by atoms with Crippen molar-refractivity contribution >= 4 is 22.5 Å². The molecule has 2 aromatic heterocycles. The molecule has 0 saturated carbocycles. The number of rotatable bonds is 5. The van der Waals surface area contributed by atoms with E-state index in [0.717, 1.165) is 42.4 Å². The molecule has 10 heteroatoms. The molecule has 174 valence electrons. The fourth-order valence-electron chi connectivity index (χ4n) is 4.23. The lowest BCUT2D eigenvalue weighted by atomic mass is 10.2. The maximum absolute atomic E-state index is 12.7. The van der Waals surface area contributed by atoms with Gasteiger partial charge in [-0.25, -0.2) is 9.78 Å². The third-order valence-electron chi connectivity index (χ3n) is 6.14. The molecule has 0 radical (unpaired) electrons. The number of hydrogen-bond acceptors (Lipinski definition) is 8. The molecule has 3 heterocycles. The van der Waals surface area contributed by atoms with Crippen molar-refractivity contribution in [1.82, 2.24) is 24.9 Å². The van der Waals surface area contributed by atoms with Crippen LogP contribution in [0.4, 0.5) is 9.93 Å². The molecule has 2 aliphatic rings. The molecule has 1 fully saturated rings. The third-order valence-corrected chi connectivity index (χ3v) is 7.22. The minimum absolute atomic E-state index is 0.0712. The topological polar surface area (TPSA) is 96.6 Å². The van der Waals surface area contributed by atoms with E-state index in [1.165, 1.54) is 29.8 Å². The van der Waals surface area contributed by atoms with Gasteiger partial charge in [-0.15, -0.1) is 11.3 Å². The Kier molecular flexibility index (Phi) is 6.54. The standard InChI is InChI=1S/C23H28N6O3S/c1-31-17-9-7-16(8-10-17)21-25-20(32-27-21)15-28-11-13-29(14-12-28)23(30)26-22-24-18-5-3-2-4-6-19(18)33-22/h7-10H,2-6,11-15H2,1H3,(H,24,26,30). The third kappa shape index (κ3) is 5.17. The number of piperazine rings is 1. The van der Waals surface area contributed by atoms with Gasteiger partial charge in [0, 0.05) is 36.6 Å². The summed E-state index contributed by atoms with van der Waals surface area (Å²) in [6, 6.07) is 7.49. The summed E-state index contributed by atoms with van der Waals surface area (Å²) in [5.74, 6) is 1.92. The normalized spacial score (nSPS) is 16.8. The highest BCUT2D eigenvalue weighted by Crippen LogP contribution is 2.29. The second-order valence-corrected chi connectivity index (χ2v) is 9.47. The van der Waals surface area contributed by atoms with Crippen LogP contribution in [0.3, 0.4) is 0 Å². The molecule has 3 aromatic rings. The molecular weight excluding hydrogens is 440 g/mol. The second kappa shape index (κ2) is 9.88.